The Bertz CT molecular complexity index is 495. The molecule has 0 spiro atoms. The van der Waals surface area contributed by atoms with Crippen LogP contribution in [0.3, 0.4) is 0 Å². The van der Waals surface area contributed by atoms with Crippen molar-refractivity contribution in [3.8, 4) is 0 Å². The number of aryl methyl sites for hydroxylation is 1. The van der Waals surface area contributed by atoms with Crippen LogP contribution in [-0.2, 0) is 10.0 Å². The zero-order chi connectivity index (χ0) is 13.3. The molecule has 17 heavy (non-hydrogen) atoms. The first-order chi connectivity index (χ1) is 7.65. The van der Waals surface area contributed by atoms with Crippen molar-refractivity contribution in [2.45, 2.75) is 43.5 Å². The van der Waals surface area contributed by atoms with Crippen LogP contribution in [0.1, 0.15) is 26.3 Å². The molecule has 0 heterocycles. The van der Waals surface area contributed by atoms with Gasteiger partial charge >= 0.3 is 0 Å². The molecule has 0 amide bonds. The van der Waals surface area contributed by atoms with Crippen LogP contribution < -0.4 is 4.72 Å². The monoisotopic (exact) mass is 275 g/mol. The van der Waals surface area contributed by atoms with Crippen LogP contribution in [0.15, 0.2) is 29.2 Å². The second-order valence-electron chi connectivity index (χ2n) is 4.76. The van der Waals surface area contributed by atoms with E-state index in [-0.39, 0.29) is 10.3 Å². The van der Waals surface area contributed by atoms with Crippen LogP contribution in [0.5, 0.6) is 0 Å². The van der Waals surface area contributed by atoms with Gasteiger partial charge in [0.05, 0.1) is 4.90 Å². The number of nitrogens with one attached hydrogen (secondary N) is 1. The molecule has 3 nitrogen and oxygen atoms in total. The SMILES string of the molecule is Cc1cccc(S(=O)(=O)NC(C)(C)C(C)Cl)c1. The van der Waals surface area contributed by atoms with E-state index in [1.165, 1.54) is 0 Å². The van der Waals surface area contributed by atoms with Crippen molar-refractivity contribution in [3.05, 3.63) is 29.8 Å². The van der Waals surface area contributed by atoms with Gasteiger partial charge < -0.3 is 0 Å². The van der Waals surface area contributed by atoms with Gasteiger partial charge in [-0.15, -0.1) is 11.6 Å². The summed E-state index contributed by atoms with van der Waals surface area (Å²) >= 11 is 5.97. The first-order valence-corrected chi connectivity index (χ1v) is 7.32. The van der Waals surface area contributed by atoms with Crippen LogP contribution >= 0.6 is 11.6 Å². The number of halogens is 1. The highest BCUT2D eigenvalue weighted by molar-refractivity contribution is 7.89. The molecular weight excluding hydrogens is 258 g/mol. The topological polar surface area (TPSA) is 46.2 Å². The lowest BCUT2D eigenvalue weighted by atomic mass is 10.0. The standard InChI is InChI=1S/C12H18ClNO2S/c1-9-6-5-7-11(8-9)17(15,16)14-12(3,4)10(2)13/h5-8,10,14H,1-4H3. The lowest BCUT2D eigenvalue weighted by molar-refractivity contribution is 0.445. The zero-order valence-corrected chi connectivity index (χ0v) is 12.1. The fourth-order valence-corrected chi connectivity index (χ4v) is 2.97. The Balaban J connectivity index is 3.06. The average molecular weight is 276 g/mol. The molecule has 0 radical (unpaired) electrons. The van der Waals surface area contributed by atoms with E-state index in [9.17, 15) is 8.42 Å². The molecule has 1 rings (SSSR count). The second-order valence-corrected chi connectivity index (χ2v) is 7.10. The Morgan fingerprint density at radius 3 is 2.41 bits per heavy atom. The maximum atomic E-state index is 12.1. The van der Waals surface area contributed by atoms with E-state index in [0.29, 0.717) is 0 Å². The number of alkyl halides is 1. The molecule has 1 atom stereocenters. The summed E-state index contributed by atoms with van der Waals surface area (Å²) in [7, 11) is -3.52. The van der Waals surface area contributed by atoms with E-state index in [2.05, 4.69) is 4.72 Å². The van der Waals surface area contributed by atoms with Gasteiger partial charge in [-0.3, -0.25) is 0 Å². The fourth-order valence-electron chi connectivity index (χ4n) is 1.27. The van der Waals surface area contributed by atoms with Gasteiger partial charge in [-0.2, -0.15) is 0 Å². The summed E-state index contributed by atoms with van der Waals surface area (Å²) in [6, 6.07) is 6.79. The third-order valence-electron chi connectivity index (χ3n) is 2.69. The van der Waals surface area contributed by atoms with Crippen molar-refractivity contribution in [2.24, 2.45) is 0 Å². The van der Waals surface area contributed by atoms with Gasteiger partial charge in [0, 0.05) is 10.9 Å². The van der Waals surface area contributed by atoms with Crippen LogP contribution in [-0.4, -0.2) is 19.3 Å². The number of hydrogen-bond acceptors (Lipinski definition) is 2. The maximum absolute atomic E-state index is 12.1. The van der Waals surface area contributed by atoms with Crippen molar-refractivity contribution in [1.29, 1.82) is 0 Å². The minimum atomic E-state index is -3.52. The predicted octanol–water partition coefficient (Wildman–Crippen LogP) is 2.68. The first-order valence-electron chi connectivity index (χ1n) is 5.40. The van der Waals surface area contributed by atoms with Crippen LogP contribution in [0.2, 0.25) is 0 Å². The van der Waals surface area contributed by atoms with Gasteiger partial charge in [-0.05, 0) is 45.4 Å². The molecule has 1 unspecified atom stereocenters. The Hall–Kier alpha value is -0.580. The Labute approximate surface area is 108 Å². The highest BCUT2D eigenvalue weighted by Gasteiger charge is 2.30. The predicted molar refractivity (Wildman–Crippen MR) is 70.9 cm³/mol. The number of benzene rings is 1. The van der Waals surface area contributed by atoms with Crippen molar-refractivity contribution in [3.63, 3.8) is 0 Å². The summed E-state index contributed by atoms with van der Waals surface area (Å²) in [5.41, 5.74) is 0.217. The largest absolute Gasteiger partial charge is 0.241 e. The van der Waals surface area contributed by atoms with Crippen molar-refractivity contribution >= 4 is 21.6 Å². The minimum Gasteiger partial charge on any atom is -0.207 e. The summed E-state index contributed by atoms with van der Waals surface area (Å²) in [6.45, 7) is 7.14. The Morgan fingerprint density at radius 2 is 1.94 bits per heavy atom. The van der Waals surface area contributed by atoms with E-state index in [1.54, 1.807) is 39.0 Å². The minimum absolute atomic E-state index is 0.267. The van der Waals surface area contributed by atoms with Crippen LogP contribution in [0.25, 0.3) is 0 Å². The fraction of sp³-hybridized carbons (Fsp3) is 0.500. The third kappa shape index (κ3) is 3.69. The quantitative estimate of drug-likeness (QED) is 0.859. The molecule has 0 aliphatic rings. The molecule has 0 saturated heterocycles. The van der Waals surface area contributed by atoms with Gasteiger partial charge in [0.1, 0.15) is 0 Å². The van der Waals surface area contributed by atoms with E-state index in [0.717, 1.165) is 5.56 Å². The molecule has 0 aliphatic carbocycles. The summed E-state index contributed by atoms with van der Waals surface area (Å²) in [5, 5.41) is -0.304. The Morgan fingerprint density at radius 1 is 1.35 bits per heavy atom. The van der Waals surface area contributed by atoms with Gasteiger partial charge in [0.25, 0.3) is 0 Å². The van der Waals surface area contributed by atoms with Crippen molar-refractivity contribution in [2.75, 3.05) is 0 Å². The molecule has 0 bridgehead atoms. The molecule has 96 valence electrons. The van der Waals surface area contributed by atoms with E-state index in [4.69, 9.17) is 11.6 Å². The highest BCUT2D eigenvalue weighted by Crippen LogP contribution is 2.19. The molecule has 0 saturated carbocycles. The van der Waals surface area contributed by atoms with Gasteiger partial charge in [-0.1, -0.05) is 12.1 Å². The van der Waals surface area contributed by atoms with Gasteiger partial charge in [0.15, 0.2) is 0 Å². The van der Waals surface area contributed by atoms with Gasteiger partial charge in [0.2, 0.25) is 10.0 Å². The lowest BCUT2D eigenvalue weighted by Gasteiger charge is -2.28. The molecule has 0 aliphatic heterocycles. The number of rotatable bonds is 4. The van der Waals surface area contributed by atoms with Gasteiger partial charge in [-0.25, -0.2) is 13.1 Å². The molecule has 1 aromatic rings. The van der Waals surface area contributed by atoms with Crippen LogP contribution in [0.4, 0.5) is 0 Å². The zero-order valence-electron chi connectivity index (χ0n) is 10.5. The van der Waals surface area contributed by atoms with Crippen LogP contribution in [0, 0.1) is 6.92 Å². The Kier molecular flexibility index (Phi) is 4.23. The lowest BCUT2D eigenvalue weighted by Crippen LogP contribution is -2.48. The van der Waals surface area contributed by atoms with E-state index < -0.39 is 15.6 Å². The molecule has 5 heteroatoms. The summed E-state index contributed by atoms with van der Waals surface area (Å²) in [6.07, 6.45) is 0. The summed E-state index contributed by atoms with van der Waals surface area (Å²) in [4.78, 5) is 0.267. The normalized spacial score (nSPS) is 14.6. The maximum Gasteiger partial charge on any atom is 0.241 e. The molecule has 0 fully saturated rings. The smallest absolute Gasteiger partial charge is 0.207 e. The van der Waals surface area contributed by atoms with E-state index in [1.807, 2.05) is 13.0 Å². The molecule has 0 aromatic heterocycles. The van der Waals surface area contributed by atoms with Crippen molar-refractivity contribution < 1.29 is 8.42 Å². The third-order valence-corrected chi connectivity index (χ3v) is 4.91. The second kappa shape index (κ2) is 4.96. The number of sulfonamides is 1. The number of hydrogen-bond donors (Lipinski definition) is 1. The van der Waals surface area contributed by atoms with E-state index >= 15 is 0 Å². The average Bonchev–Trinajstić information content (AvgIpc) is 2.15. The highest BCUT2D eigenvalue weighted by atomic mass is 35.5. The first kappa shape index (κ1) is 14.5. The summed E-state index contributed by atoms with van der Waals surface area (Å²) in [5.74, 6) is 0. The summed E-state index contributed by atoms with van der Waals surface area (Å²) < 4.78 is 26.9. The molecule has 1 N–H and O–H groups in total. The molecular formula is C12H18ClNO2S. The molecule has 1 aromatic carbocycles. The van der Waals surface area contributed by atoms with Crippen molar-refractivity contribution in [1.82, 2.24) is 4.72 Å².